The topological polar surface area (TPSA) is 104 Å². The first-order valence-electron chi connectivity index (χ1n) is 6.31. The fraction of sp³-hybridized carbons (Fsp3) is 0.833. The smallest absolute Gasteiger partial charge is 0.312 e. The minimum atomic E-state index is -0.899. The maximum atomic E-state index is 11.9. The standard InChI is InChI=1S/C12H25N3O3/c1-5-12(18,6-2)7-14-10(16)9(8(3)4)15-11(13)17/h8-9,18H,5-7H2,1-4H3,(H,14,16)(H3,13,15,17). The van der Waals surface area contributed by atoms with Crippen molar-refractivity contribution >= 4 is 11.9 Å². The van der Waals surface area contributed by atoms with Gasteiger partial charge in [-0.25, -0.2) is 4.79 Å². The van der Waals surface area contributed by atoms with Gasteiger partial charge in [0.05, 0.1) is 5.60 Å². The van der Waals surface area contributed by atoms with E-state index in [1.165, 1.54) is 0 Å². The van der Waals surface area contributed by atoms with Crippen LogP contribution in [0.1, 0.15) is 40.5 Å². The van der Waals surface area contributed by atoms with Gasteiger partial charge in [0.15, 0.2) is 0 Å². The van der Waals surface area contributed by atoms with Crippen molar-refractivity contribution in [3.8, 4) is 0 Å². The van der Waals surface area contributed by atoms with E-state index in [-0.39, 0.29) is 18.4 Å². The van der Waals surface area contributed by atoms with Crippen LogP contribution in [-0.2, 0) is 4.79 Å². The lowest BCUT2D eigenvalue weighted by Gasteiger charge is -2.27. The molecule has 5 N–H and O–H groups in total. The first-order chi connectivity index (χ1) is 8.25. The highest BCUT2D eigenvalue weighted by molar-refractivity contribution is 5.86. The summed E-state index contributed by atoms with van der Waals surface area (Å²) in [7, 11) is 0. The van der Waals surface area contributed by atoms with Crippen LogP contribution >= 0.6 is 0 Å². The second kappa shape index (κ2) is 7.20. The lowest BCUT2D eigenvalue weighted by Crippen LogP contribution is -2.53. The monoisotopic (exact) mass is 259 g/mol. The maximum absolute atomic E-state index is 11.9. The van der Waals surface area contributed by atoms with Crippen molar-refractivity contribution < 1.29 is 14.7 Å². The molecule has 0 radical (unpaired) electrons. The number of aliphatic hydroxyl groups is 1. The molecule has 1 atom stereocenters. The molecule has 18 heavy (non-hydrogen) atoms. The number of rotatable bonds is 7. The van der Waals surface area contributed by atoms with E-state index in [0.29, 0.717) is 12.8 Å². The van der Waals surface area contributed by atoms with E-state index in [0.717, 1.165) is 0 Å². The lowest BCUT2D eigenvalue weighted by molar-refractivity contribution is -0.125. The number of hydrogen-bond donors (Lipinski definition) is 4. The quantitative estimate of drug-likeness (QED) is 0.530. The number of nitrogens with two attached hydrogens (primary N) is 1. The van der Waals surface area contributed by atoms with Gasteiger partial charge in [-0.05, 0) is 18.8 Å². The summed E-state index contributed by atoms with van der Waals surface area (Å²) in [4.78, 5) is 22.7. The van der Waals surface area contributed by atoms with Gasteiger partial charge in [0.25, 0.3) is 0 Å². The number of amides is 3. The van der Waals surface area contributed by atoms with Gasteiger partial charge in [0, 0.05) is 6.54 Å². The van der Waals surface area contributed by atoms with E-state index in [2.05, 4.69) is 10.6 Å². The molecule has 6 nitrogen and oxygen atoms in total. The Morgan fingerprint density at radius 1 is 1.28 bits per heavy atom. The van der Waals surface area contributed by atoms with Crippen LogP contribution in [0.25, 0.3) is 0 Å². The van der Waals surface area contributed by atoms with E-state index in [4.69, 9.17) is 5.73 Å². The number of carbonyl (C=O) groups excluding carboxylic acids is 2. The number of nitrogens with one attached hydrogen (secondary N) is 2. The van der Waals surface area contributed by atoms with E-state index >= 15 is 0 Å². The molecule has 0 saturated heterocycles. The number of hydrogen-bond acceptors (Lipinski definition) is 3. The molecule has 0 saturated carbocycles. The first kappa shape index (κ1) is 16.7. The molecule has 0 aromatic carbocycles. The van der Waals surface area contributed by atoms with Gasteiger partial charge in [0.1, 0.15) is 6.04 Å². The second-order valence-electron chi connectivity index (χ2n) is 4.88. The molecule has 0 aliphatic rings. The molecule has 3 amide bonds. The van der Waals surface area contributed by atoms with Gasteiger partial charge in [0.2, 0.25) is 5.91 Å². The molecular formula is C12H25N3O3. The molecule has 0 aromatic heterocycles. The third kappa shape index (κ3) is 5.35. The summed E-state index contributed by atoms with van der Waals surface area (Å²) in [5.41, 5.74) is 4.12. The van der Waals surface area contributed by atoms with Crippen LogP contribution in [0, 0.1) is 5.92 Å². The summed E-state index contributed by atoms with van der Waals surface area (Å²) in [5.74, 6) is -0.405. The van der Waals surface area contributed by atoms with Gasteiger partial charge in [-0.3, -0.25) is 4.79 Å². The van der Waals surface area contributed by atoms with Gasteiger partial charge in [-0.15, -0.1) is 0 Å². The van der Waals surface area contributed by atoms with Crippen LogP contribution in [0.3, 0.4) is 0 Å². The van der Waals surface area contributed by atoms with Crippen LogP contribution in [0.5, 0.6) is 0 Å². The highest BCUT2D eigenvalue weighted by Crippen LogP contribution is 2.13. The van der Waals surface area contributed by atoms with Crippen molar-refractivity contribution in [2.45, 2.75) is 52.2 Å². The summed E-state index contributed by atoms with van der Waals surface area (Å²) in [5, 5.41) is 15.1. The van der Waals surface area contributed by atoms with Gasteiger partial charge < -0.3 is 21.5 Å². The minimum Gasteiger partial charge on any atom is -0.388 e. The molecule has 0 rings (SSSR count). The van der Waals surface area contributed by atoms with Crippen molar-refractivity contribution in [2.24, 2.45) is 11.7 Å². The Labute approximate surface area is 108 Å². The predicted molar refractivity (Wildman–Crippen MR) is 69.9 cm³/mol. The minimum absolute atomic E-state index is 0.0751. The molecule has 0 aliphatic heterocycles. The molecule has 0 spiro atoms. The Kier molecular flexibility index (Phi) is 6.68. The zero-order chi connectivity index (χ0) is 14.3. The zero-order valence-corrected chi connectivity index (χ0v) is 11.6. The molecular weight excluding hydrogens is 234 g/mol. The molecule has 0 bridgehead atoms. The Balaban J connectivity index is 4.48. The van der Waals surface area contributed by atoms with Crippen LogP contribution in [0.4, 0.5) is 4.79 Å². The molecule has 0 heterocycles. The summed E-state index contributed by atoms with van der Waals surface area (Å²) < 4.78 is 0. The van der Waals surface area contributed by atoms with Crippen LogP contribution < -0.4 is 16.4 Å². The normalized spacial score (nSPS) is 13.2. The van der Waals surface area contributed by atoms with E-state index in [1.807, 2.05) is 27.7 Å². The highest BCUT2D eigenvalue weighted by Gasteiger charge is 2.27. The number of urea groups is 1. The highest BCUT2D eigenvalue weighted by atomic mass is 16.3. The Morgan fingerprint density at radius 3 is 2.11 bits per heavy atom. The summed E-state index contributed by atoms with van der Waals surface area (Å²) in [6, 6.07) is -1.41. The lowest BCUT2D eigenvalue weighted by atomic mass is 9.97. The molecule has 0 fully saturated rings. The van der Waals surface area contributed by atoms with Gasteiger partial charge in [-0.1, -0.05) is 27.7 Å². The summed E-state index contributed by atoms with van der Waals surface area (Å²) >= 11 is 0. The van der Waals surface area contributed by atoms with Crippen molar-refractivity contribution in [1.29, 1.82) is 0 Å². The van der Waals surface area contributed by atoms with E-state index in [9.17, 15) is 14.7 Å². The van der Waals surface area contributed by atoms with Gasteiger partial charge in [-0.2, -0.15) is 0 Å². The Hall–Kier alpha value is -1.30. The second-order valence-corrected chi connectivity index (χ2v) is 4.88. The van der Waals surface area contributed by atoms with E-state index < -0.39 is 17.7 Å². The van der Waals surface area contributed by atoms with Gasteiger partial charge >= 0.3 is 6.03 Å². The third-order valence-corrected chi connectivity index (χ3v) is 3.15. The Morgan fingerprint density at radius 2 is 1.78 bits per heavy atom. The average molecular weight is 259 g/mol. The molecule has 0 aliphatic carbocycles. The average Bonchev–Trinajstić information content (AvgIpc) is 2.32. The summed E-state index contributed by atoms with van der Waals surface area (Å²) in [6.45, 7) is 7.51. The van der Waals surface area contributed by atoms with E-state index in [1.54, 1.807) is 0 Å². The number of carbonyl (C=O) groups is 2. The predicted octanol–water partition coefficient (Wildman–Crippen LogP) is 0.347. The Bertz CT molecular complexity index is 288. The molecule has 6 heteroatoms. The van der Waals surface area contributed by atoms with Crippen molar-refractivity contribution in [3.63, 3.8) is 0 Å². The van der Waals surface area contributed by atoms with Crippen molar-refractivity contribution in [2.75, 3.05) is 6.54 Å². The fourth-order valence-electron chi connectivity index (χ4n) is 1.55. The zero-order valence-electron chi connectivity index (χ0n) is 11.6. The van der Waals surface area contributed by atoms with Crippen LogP contribution in [-0.4, -0.2) is 35.2 Å². The maximum Gasteiger partial charge on any atom is 0.312 e. The molecule has 106 valence electrons. The largest absolute Gasteiger partial charge is 0.388 e. The first-order valence-corrected chi connectivity index (χ1v) is 6.31. The van der Waals surface area contributed by atoms with Crippen LogP contribution in [0.2, 0.25) is 0 Å². The van der Waals surface area contributed by atoms with Crippen LogP contribution in [0.15, 0.2) is 0 Å². The third-order valence-electron chi connectivity index (χ3n) is 3.15. The SMILES string of the molecule is CCC(O)(CC)CNC(=O)C(NC(N)=O)C(C)C. The van der Waals surface area contributed by atoms with Crippen molar-refractivity contribution in [3.05, 3.63) is 0 Å². The van der Waals surface area contributed by atoms with Crippen molar-refractivity contribution in [1.82, 2.24) is 10.6 Å². The number of primary amides is 1. The molecule has 1 unspecified atom stereocenters. The fourth-order valence-corrected chi connectivity index (χ4v) is 1.55. The summed E-state index contributed by atoms with van der Waals surface area (Å²) in [6.07, 6.45) is 1.11. The molecule has 0 aromatic rings.